The van der Waals surface area contributed by atoms with E-state index in [0.717, 1.165) is 11.8 Å². The molecule has 1 aliphatic heterocycles. The van der Waals surface area contributed by atoms with Crippen molar-refractivity contribution in [3.8, 4) is 0 Å². The van der Waals surface area contributed by atoms with Gasteiger partial charge >= 0.3 is 5.97 Å². The number of ether oxygens (including phenoxy) is 1. The first-order valence-corrected chi connectivity index (χ1v) is 8.48. The number of rotatable bonds is 5. The Labute approximate surface area is 147 Å². The largest absolute Gasteiger partial charge is 0.451 e. The highest BCUT2D eigenvalue weighted by atomic mass is 35.5. The zero-order chi connectivity index (χ0) is 17.0. The maximum Gasteiger partial charge on any atom is 0.326 e. The molecular formula is C14H14Cl2N2O4S. The Morgan fingerprint density at radius 1 is 1.43 bits per heavy atom. The summed E-state index contributed by atoms with van der Waals surface area (Å²) in [4.78, 5) is 36.6. The number of carbonyl (C=O) groups excluding carboxylic acids is 3. The number of nitrogens with one attached hydrogen (secondary N) is 1. The topological polar surface area (TPSA) is 75.7 Å². The molecule has 1 aliphatic rings. The summed E-state index contributed by atoms with van der Waals surface area (Å²) >= 11 is 12.9. The molecule has 124 valence electrons. The fourth-order valence-corrected chi connectivity index (χ4v) is 3.12. The van der Waals surface area contributed by atoms with Crippen LogP contribution in [0.1, 0.15) is 6.92 Å². The molecular weight excluding hydrogens is 363 g/mol. The van der Waals surface area contributed by atoms with Crippen LogP contribution >= 0.6 is 35.0 Å². The highest BCUT2D eigenvalue weighted by Gasteiger charge is 2.26. The van der Waals surface area contributed by atoms with Gasteiger partial charge in [0.25, 0.3) is 11.1 Å². The van der Waals surface area contributed by atoms with Crippen molar-refractivity contribution in [3.63, 3.8) is 0 Å². The van der Waals surface area contributed by atoms with Crippen molar-refractivity contribution in [3.05, 3.63) is 28.2 Å². The van der Waals surface area contributed by atoms with Crippen molar-refractivity contribution in [2.24, 2.45) is 0 Å². The first-order chi connectivity index (χ1) is 10.9. The second kappa shape index (κ2) is 7.90. The van der Waals surface area contributed by atoms with Crippen LogP contribution in [0.5, 0.6) is 0 Å². The van der Waals surface area contributed by atoms with Crippen molar-refractivity contribution >= 4 is 57.8 Å². The number of amides is 2. The zero-order valence-corrected chi connectivity index (χ0v) is 14.5. The van der Waals surface area contributed by atoms with Crippen LogP contribution in [0.25, 0.3) is 0 Å². The van der Waals surface area contributed by atoms with Gasteiger partial charge in [0.05, 0.1) is 10.7 Å². The van der Waals surface area contributed by atoms with E-state index in [1.165, 1.54) is 17.9 Å². The summed E-state index contributed by atoms with van der Waals surface area (Å²) in [5.74, 6) is -0.507. The van der Waals surface area contributed by atoms with Gasteiger partial charge in [0.15, 0.2) is 6.10 Å². The minimum absolute atomic E-state index is 0.160. The third-order valence-corrected chi connectivity index (χ3v) is 4.47. The number of halogens is 2. The lowest BCUT2D eigenvalue weighted by molar-refractivity contribution is -0.153. The molecule has 0 bridgehead atoms. The van der Waals surface area contributed by atoms with Gasteiger partial charge in [-0.25, -0.2) is 0 Å². The van der Waals surface area contributed by atoms with Gasteiger partial charge in [-0.1, -0.05) is 35.0 Å². The molecule has 1 fully saturated rings. The third-order valence-electron chi connectivity index (χ3n) is 3.03. The molecule has 23 heavy (non-hydrogen) atoms. The average molecular weight is 377 g/mol. The van der Waals surface area contributed by atoms with Crippen LogP contribution < -0.4 is 5.32 Å². The van der Waals surface area contributed by atoms with Crippen molar-refractivity contribution in [2.75, 3.05) is 24.2 Å². The lowest BCUT2D eigenvalue weighted by atomic mass is 10.3. The van der Waals surface area contributed by atoms with E-state index in [9.17, 15) is 14.4 Å². The molecule has 2 rings (SSSR count). The number of anilines is 1. The Kier molecular flexibility index (Phi) is 6.15. The van der Waals surface area contributed by atoms with Gasteiger partial charge in [-0.2, -0.15) is 0 Å². The van der Waals surface area contributed by atoms with Crippen LogP contribution in [0.4, 0.5) is 10.5 Å². The van der Waals surface area contributed by atoms with Crippen LogP contribution in [0.15, 0.2) is 18.2 Å². The van der Waals surface area contributed by atoms with Crippen molar-refractivity contribution in [2.45, 2.75) is 13.0 Å². The zero-order valence-electron chi connectivity index (χ0n) is 12.2. The quantitative estimate of drug-likeness (QED) is 0.799. The molecule has 1 N–H and O–H groups in total. The van der Waals surface area contributed by atoms with Crippen LogP contribution in [-0.4, -0.2) is 47.0 Å². The van der Waals surface area contributed by atoms with Gasteiger partial charge in [-0.15, -0.1) is 0 Å². The molecule has 9 heteroatoms. The summed E-state index contributed by atoms with van der Waals surface area (Å²) in [6.45, 7) is 1.78. The van der Waals surface area contributed by atoms with E-state index in [1.54, 1.807) is 12.1 Å². The minimum atomic E-state index is -1.01. The minimum Gasteiger partial charge on any atom is -0.451 e. The fraction of sp³-hybridized carbons (Fsp3) is 0.357. The molecule has 0 spiro atoms. The van der Waals surface area contributed by atoms with E-state index in [0.29, 0.717) is 23.0 Å². The first kappa shape index (κ1) is 17.9. The molecule has 6 nitrogen and oxygen atoms in total. The molecule has 1 heterocycles. The highest BCUT2D eigenvalue weighted by molar-refractivity contribution is 8.13. The van der Waals surface area contributed by atoms with Gasteiger partial charge in [-0.05, 0) is 25.1 Å². The lowest BCUT2D eigenvalue weighted by Gasteiger charge is -2.17. The van der Waals surface area contributed by atoms with Crippen LogP contribution in [-0.2, 0) is 14.3 Å². The van der Waals surface area contributed by atoms with Crippen molar-refractivity contribution in [1.29, 1.82) is 0 Å². The summed E-state index contributed by atoms with van der Waals surface area (Å²) in [5, 5.41) is 3.12. The molecule has 1 aromatic rings. The smallest absolute Gasteiger partial charge is 0.326 e. The second-order valence-corrected chi connectivity index (χ2v) is 6.67. The van der Waals surface area contributed by atoms with Crippen LogP contribution in [0.3, 0.4) is 0 Å². The Morgan fingerprint density at radius 3 is 2.78 bits per heavy atom. The molecule has 0 radical (unpaired) electrons. The average Bonchev–Trinajstić information content (AvgIpc) is 2.87. The number of hydrogen-bond acceptors (Lipinski definition) is 5. The molecule has 1 aromatic carbocycles. The molecule has 0 saturated carbocycles. The molecule has 0 aromatic heterocycles. The number of thioether (sulfide) groups is 1. The molecule has 0 aliphatic carbocycles. The Morgan fingerprint density at radius 2 is 2.17 bits per heavy atom. The predicted molar refractivity (Wildman–Crippen MR) is 90.1 cm³/mol. The van der Waals surface area contributed by atoms with E-state index in [-0.39, 0.29) is 16.8 Å². The van der Waals surface area contributed by atoms with Crippen molar-refractivity contribution in [1.82, 2.24) is 4.90 Å². The van der Waals surface area contributed by atoms with Crippen molar-refractivity contribution < 1.29 is 19.1 Å². The second-order valence-electron chi connectivity index (χ2n) is 4.78. The van der Waals surface area contributed by atoms with Gasteiger partial charge in [0.1, 0.15) is 6.54 Å². The number of nitrogens with zero attached hydrogens (tertiary/aromatic N) is 1. The van der Waals surface area contributed by atoms with E-state index in [1.807, 2.05) is 0 Å². The molecule has 2 amide bonds. The fourth-order valence-electron chi connectivity index (χ4n) is 1.84. The number of benzene rings is 1. The molecule has 1 saturated heterocycles. The van der Waals surface area contributed by atoms with Gasteiger partial charge in [-0.3, -0.25) is 14.4 Å². The van der Waals surface area contributed by atoms with Crippen LogP contribution in [0, 0.1) is 0 Å². The standard InChI is InChI=1S/C14H14Cl2N2O4S/c1-8(22-12(19)7-18-4-5-23-14(18)21)13(20)17-11-3-2-9(15)6-10(11)16/h2-3,6,8H,4-5,7H2,1H3,(H,17,20)/t8-/m1/s1. The summed E-state index contributed by atoms with van der Waals surface area (Å²) in [6, 6.07) is 4.62. The number of esters is 1. The predicted octanol–water partition coefficient (Wildman–Crippen LogP) is 3.03. The maximum atomic E-state index is 12.0. The maximum absolute atomic E-state index is 12.0. The molecule has 1 atom stereocenters. The van der Waals surface area contributed by atoms with Gasteiger partial charge in [0.2, 0.25) is 0 Å². The summed E-state index contributed by atoms with van der Waals surface area (Å²) in [7, 11) is 0. The summed E-state index contributed by atoms with van der Waals surface area (Å²) in [6.07, 6.45) is -1.01. The first-order valence-electron chi connectivity index (χ1n) is 6.74. The summed E-state index contributed by atoms with van der Waals surface area (Å²) in [5.41, 5.74) is 0.370. The van der Waals surface area contributed by atoms with Crippen LogP contribution in [0.2, 0.25) is 10.0 Å². The van der Waals surface area contributed by atoms with Gasteiger partial charge in [0, 0.05) is 17.3 Å². The SMILES string of the molecule is C[C@@H](OC(=O)CN1CCSC1=O)C(=O)Nc1ccc(Cl)cc1Cl. The van der Waals surface area contributed by atoms with E-state index in [4.69, 9.17) is 27.9 Å². The normalized spacial score (nSPS) is 15.4. The Balaban J connectivity index is 1.86. The van der Waals surface area contributed by atoms with E-state index >= 15 is 0 Å². The number of carbonyl (C=O) groups is 3. The van der Waals surface area contributed by atoms with E-state index < -0.39 is 18.0 Å². The monoisotopic (exact) mass is 376 g/mol. The molecule has 0 unspecified atom stereocenters. The van der Waals surface area contributed by atoms with E-state index in [2.05, 4.69) is 5.32 Å². The summed E-state index contributed by atoms with van der Waals surface area (Å²) < 4.78 is 5.03. The lowest BCUT2D eigenvalue weighted by Crippen LogP contribution is -2.36. The highest BCUT2D eigenvalue weighted by Crippen LogP contribution is 2.25. The Bertz CT molecular complexity index is 641. The Hall–Kier alpha value is -1.44. The number of hydrogen-bond donors (Lipinski definition) is 1. The third kappa shape index (κ3) is 5.02. The van der Waals surface area contributed by atoms with Gasteiger partial charge < -0.3 is 15.0 Å².